The summed E-state index contributed by atoms with van der Waals surface area (Å²) in [4.78, 5) is 12.1. The maximum atomic E-state index is 12.8. The van der Waals surface area contributed by atoms with Crippen LogP contribution in [0.4, 0.5) is 0 Å². The average molecular weight is 1270 g/mol. The molecule has 7 aliphatic heterocycles. The smallest absolute Gasteiger partial charge is 0.303 e. The molecule has 0 radical (unpaired) electrons. The highest BCUT2D eigenvalue weighted by molar-refractivity contribution is 5.66. The van der Waals surface area contributed by atoms with Gasteiger partial charge in [0.05, 0.1) is 91.4 Å². The van der Waals surface area contributed by atoms with Crippen molar-refractivity contribution in [1.29, 1.82) is 0 Å². The van der Waals surface area contributed by atoms with E-state index in [9.17, 15) is 20.1 Å². The Balaban J connectivity index is 0.654. The Kier molecular flexibility index (Phi) is 21.5. The SMILES string of the molecule is CO[C@H]1[C@@H](O)[C@@H](C)O[C@@H](O[C@H]2[C@@H](OC)C[C@H](O[C@H]3[C@@H](OC)C[C@H](O[C@H]4[C@@H](OC)C[C@H](O[C@@H]5[C@@H](C)O[C@]6(C[C@H]5OC)OCO[C@@H]5C[C@H](O[C@@H](C)[C@@]7(O)CC[C@H]8[C@@H]9CC=C%10C[C@@H](O)CC[C@]%10(C)[C@H]9CC[C@@]87C)O[C@H](C)[C@H]5O6)O[C@@H]4C)O[C@@H]3C)O[C@@H]2C)[C@@H]1OC(C)=O. The van der Waals surface area contributed by atoms with Gasteiger partial charge in [-0.15, -0.1) is 0 Å². The van der Waals surface area contributed by atoms with Gasteiger partial charge in [-0.1, -0.05) is 25.5 Å². The summed E-state index contributed by atoms with van der Waals surface area (Å²) in [5.41, 5.74) is 0.234. The van der Waals surface area contributed by atoms with Crippen molar-refractivity contribution in [2.45, 2.75) is 324 Å². The van der Waals surface area contributed by atoms with E-state index in [2.05, 4.69) is 19.9 Å². The Morgan fingerprint density at radius 1 is 0.607 bits per heavy atom. The van der Waals surface area contributed by atoms with Gasteiger partial charge in [-0.2, -0.15) is 0 Å². The lowest BCUT2D eigenvalue weighted by Gasteiger charge is -2.59. The standard InChI is InChI=1S/C65H106O24/c1-31-53(68)59(74-15)60(83-38(8)66)61(81-31)87-56-34(4)79-51(27-46(56)72-13)85-54-32(2)77-50(25-44(54)70-11)84-55-33(3)78-52(26-45(55)71-12)86-57-36(6)88-65(29-48(57)73-14)76-30-75-47-28-49(80-35(5)58(47)89-65)82-37(7)64(69)23-20-43-41-17-16-39-24-40(67)18-21-62(39,9)42(41)19-22-63(43,64)10/h16,31-37,40-61,67-69H,17-30H2,1-15H3/t31-,32-,33-,34-,35-,36-,37+,40+,41-,42+,43+,44+,45+,46+,47-,48-,49+,50+,51+,52+,53+,54-,55-,56-,57-,58-,59+,60-,61+,62+,63+,64+,65+/m1/s1. The van der Waals surface area contributed by atoms with Gasteiger partial charge in [0.25, 0.3) is 5.97 Å². The summed E-state index contributed by atoms with van der Waals surface area (Å²) in [5, 5.41) is 34.2. The third-order valence-corrected chi connectivity index (χ3v) is 23.1. The molecule has 0 aromatic rings. The molecule has 11 rings (SSSR count). The van der Waals surface area contributed by atoms with E-state index in [1.165, 1.54) is 19.6 Å². The summed E-state index contributed by atoms with van der Waals surface area (Å²) in [6.45, 7) is 19.1. The van der Waals surface area contributed by atoms with Crippen LogP contribution < -0.4 is 0 Å². The van der Waals surface area contributed by atoms with Crippen LogP contribution in [0.3, 0.4) is 0 Å². The fraction of sp³-hybridized carbons (Fsp3) is 0.954. The molecular weight excluding hydrogens is 1160 g/mol. The molecule has 7 heterocycles. The number of esters is 1. The van der Waals surface area contributed by atoms with Crippen molar-refractivity contribution in [2.24, 2.45) is 28.6 Å². The van der Waals surface area contributed by atoms with E-state index >= 15 is 0 Å². The topological polar surface area (TPSA) is 262 Å². The van der Waals surface area contributed by atoms with E-state index in [-0.39, 0.29) is 36.6 Å². The zero-order chi connectivity index (χ0) is 63.6. The van der Waals surface area contributed by atoms with Crippen molar-refractivity contribution in [2.75, 3.05) is 42.3 Å². The van der Waals surface area contributed by atoms with Gasteiger partial charge in [-0.3, -0.25) is 4.79 Å². The van der Waals surface area contributed by atoms with Crippen LogP contribution in [0.1, 0.15) is 153 Å². The molecule has 0 amide bonds. The lowest BCUT2D eigenvalue weighted by molar-refractivity contribution is -0.447. The summed E-state index contributed by atoms with van der Waals surface area (Å²) in [5.74, 6) is -0.662. The summed E-state index contributed by atoms with van der Waals surface area (Å²) in [6, 6.07) is 0. The van der Waals surface area contributed by atoms with Crippen molar-refractivity contribution < 1.29 is 115 Å². The molecule has 510 valence electrons. The van der Waals surface area contributed by atoms with Gasteiger partial charge in [0.15, 0.2) is 44.3 Å². The zero-order valence-corrected chi connectivity index (χ0v) is 55.1. The quantitative estimate of drug-likeness (QED) is 0.114. The lowest BCUT2D eigenvalue weighted by Crippen LogP contribution is -2.62. The highest BCUT2D eigenvalue weighted by Gasteiger charge is 2.66. The van der Waals surface area contributed by atoms with Crippen LogP contribution in [0.2, 0.25) is 0 Å². The number of hydrogen-bond acceptors (Lipinski definition) is 24. The molecule has 33 atom stereocenters. The molecule has 0 unspecified atom stereocenters. The summed E-state index contributed by atoms with van der Waals surface area (Å²) >= 11 is 0. The molecule has 3 N–H and O–H groups in total. The van der Waals surface area contributed by atoms with Crippen LogP contribution in [0.25, 0.3) is 0 Å². The fourth-order valence-corrected chi connectivity index (χ4v) is 18.1. The molecule has 1 spiro atoms. The summed E-state index contributed by atoms with van der Waals surface area (Å²) < 4.78 is 127. The van der Waals surface area contributed by atoms with Crippen LogP contribution in [0.15, 0.2) is 11.6 Å². The zero-order valence-electron chi connectivity index (χ0n) is 55.1. The highest BCUT2D eigenvalue weighted by Crippen LogP contribution is 2.68. The third kappa shape index (κ3) is 13.4. The number of rotatable bonds is 17. The average Bonchev–Trinajstić information content (AvgIpc) is 1.64. The minimum absolute atomic E-state index is 0.101. The molecule has 0 aromatic carbocycles. The van der Waals surface area contributed by atoms with E-state index in [1.807, 2.05) is 41.5 Å². The first kappa shape index (κ1) is 68.7. The number of hydrogen-bond donors (Lipinski definition) is 3. The Labute approximate surface area is 525 Å². The predicted octanol–water partition coefficient (Wildman–Crippen LogP) is 5.86. The fourth-order valence-electron chi connectivity index (χ4n) is 18.1. The van der Waals surface area contributed by atoms with E-state index in [4.69, 9.17) is 94.7 Å². The second-order valence-electron chi connectivity index (χ2n) is 28.1. The largest absolute Gasteiger partial charge is 0.454 e. The van der Waals surface area contributed by atoms with Crippen molar-refractivity contribution >= 4 is 5.97 Å². The van der Waals surface area contributed by atoms with Gasteiger partial charge in [-0.05, 0) is 123 Å². The maximum absolute atomic E-state index is 12.8. The minimum atomic E-state index is -1.53. The normalized spacial score (nSPS) is 52.3. The Morgan fingerprint density at radius 3 is 1.74 bits per heavy atom. The van der Waals surface area contributed by atoms with Gasteiger partial charge < -0.3 is 110 Å². The van der Waals surface area contributed by atoms with E-state index < -0.39 is 171 Å². The van der Waals surface area contributed by atoms with E-state index in [0.717, 1.165) is 44.9 Å². The molecule has 89 heavy (non-hydrogen) atoms. The Hall–Kier alpha value is -1.67. The summed E-state index contributed by atoms with van der Waals surface area (Å²) in [6.07, 6.45) is -5.02. The van der Waals surface area contributed by atoms with E-state index in [1.54, 1.807) is 35.4 Å². The first-order valence-corrected chi connectivity index (χ1v) is 33.1. The van der Waals surface area contributed by atoms with Crippen LogP contribution in [0.5, 0.6) is 0 Å². The second kappa shape index (κ2) is 27.8. The predicted molar refractivity (Wildman–Crippen MR) is 312 cm³/mol. The molecule has 0 bridgehead atoms. The molecular formula is C65H106O24. The van der Waals surface area contributed by atoms with Gasteiger partial charge in [-0.25, -0.2) is 0 Å². The monoisotopic (exact) mass is 1270 g/mol. The molecule has 24 heteroatoms. The van der Waals surface area contributed by atoms with Crippen LogP contribution in [0, 0.1) is 28.6 Å². The number of carbonyl (C=O) groups excluding carboxylic acids is 1. The third-order valence-electron chi connectivity index (χ3n) is 23.1. The van der Waals surface area contributed by atoms with Crippen molar-refractivity contribution in [3.8, 4) is 0 Å². The number of fused-ring (bicyclic) bond motifs is 6. The van der Waals surface area contributed by atoms with Gasteiger partial charge in [0.2, 0.25) is 0 Å². The minimum Gasteiger partial charge on any atom is -0.454 e. The van der Waals surface area contributed by atoms with Gasteiger partial charge in [0.1, 0.15) is 42.7 Å². The molecule has 24 nitrogen and oxygen atoms in total. The number of aliphatic hydroxyl groups is 3. The van der Waals surface area contributed by atoms with Gasteiger partial charge in [0, 0.05) is 73.6 Å². The summed E-state index contributed by atoms with van der Waals surface area (Å²) in [7, 11) is 7.90. The Bertz CT molecular complexity index is 2390. The number of aliphatic hydroxyl groups excluding tert-OH is 2. The highest BCUT2D eigenvalue weighted by atomic mass is 16.9. The molecule has 4 aliphatic carbocycles. The molecule has 3 saturated carbocycles. The number of ether oxygens (including phenoxy) is 20. The molecule has 11 aliphatic rings. The number of methoxy groups -OCH3 is 5. The van der Waals surface area contributed by atoms with Crippen LogP contribution in [-0.2, 0) is 99.5 Å². The first-order valence-electron chi connectivity index (χ1n) is 33.1. The van der Waals surface area contributed by atoms with Crippen LogP contribution in [-0.4, -0.2) is 235 Å². The van der Waals surface area contributed by atoms with Crippen molar-refractivity contribution in [1.82, 2.24) is 0 Å². The molecule has 10 fully saturated rings. The lowest BCUT2D eigenvalue weighted by atomic mass is 9.46. The van der Waals surface area contributed by atoms with Gasteiger partial charge >= 0.3 is 5.97 Å². The molecule has 7 saturated heterocycles. The van der Waals surface area contributed by atoms with E-state index in [0.29, 0.717) is 43.4 Å². The number of allylic oxidation sites excluding steroid dienone is 1. The van der Waals surface area contributed by atoms with Crippen LogP contribution >= 0.6 is 0 Å². The first-order chi connectivity index (χ1) is 42.4. The maximum Gasteiger partial charge on any atom is 0.303 e. The second-order valence-corrected chi connectivity index (χ2v) is 28.1. The Morgan fingerprint density at radius 2 is 1.17 bits per heavy atom. The van der Waals surface area contributed by atoms with Crippen molar-refractivity contribution in [3.05, 3.63) is 11.6 Å². The number of carbonyl (C=O) groups is 1. The van der Waals surface area contributed by atoms with Crippen molar-refractivity contribution in [3.63, 3.8) is 0 Å². The molecule has 0 aromatic heterocycles.